The van der Waals surface area contributed by atoms with Crippen molar-refractivity contribution < 1.29 is 4.79 Å². The summed E-state index contributed by atoms with van der Waals surface area (Å²) >= 11 is 5.55. The van der Waals surface area contributed by atoms with Gasteiger partial charge in [-0.25, -0.2) is 0 Å². The summed E-state index contributed by atoms with van der Waals surface area (Å²) in [4.78, 5) is 11.7. The summed E-state index contributed by atoms with van der Waals surface area (Å²) in [5.41, 5.74) is 0. The van der Waals surface area contributed by atoms with E-state index in [1.54, 1.807) is 0 Å². The number of carbonyl (C=O) groups is 1. The van der Waals surface area contributed by atoms with E-state index in [0.29, 0.717) is 11.8 Å². The smallest absolute Gasteiger partial charge is 0.223 e. The van der Waals surface area contributed by atoms with Gasteiger partial charge < -0.3 is 5.32 Å². The number of fused-ring (bicyclic) bond motifs is 1. The molecule has 0 aromatic heterocycles. The Hall–Kier alpha value is -0.240. The van der Waals surface area contributed by atoms with Crippen LogP contribution in [0.25, 0.3) is 0 Å². The highest BCUT2D eigenvalue weighted by molar-refractivity contribution is 6.17. The van der Waals surface area contributed by atoms with Crippen LogP contribution >= 0.6 is 11.6 Å². The molecule has 3 heteroatoms. The third-order valence-corrected chi connectivity index (χ3v) is 3.84. The monoisotopic (exact) mass is 215 g/mol. The Morgan fingerprint density at radius 2 is 1.93 bits per heavy atom. The molecular weight excluding hydrogens is 198 g/mol. The molecule has 0 spiro atoms. The number of halogens is 1. The highest BCUT2D eigenvalue weighted by Gasteiger charge is 2.54. The molecule has 2 fully saturated rings. The Labute approximate surface area is 90.4 Å². The van der Waals surface area contributed by atoms with Crippen molar-refractivity contribution in [3.63, 3.8) is 0 Å². The quantitative estimate of drug-likeness (QED) is 0.565. The van der Waals surface area contributed by atoms with Crippen LogP contribution in [0.2, 0.25) is 0 Å². The third kappa shape index (κ3) is 2.05. The molecule has 2 saturated carbocycles. The number of carbonyl (C=O) groups excluding carboxylic acids is 1. The zero-order valence-corrected chi connectivity index (χ0v) is 9.22. The van der Waals surface area contributed by atoms with E-state index in [1.807, 2.05) is 0 Å². The van der Waals surface area contributed by atoms with Crippen LogP contribution in [0.1, 0.15) is 32.1 Å². The van der Waals surface area contributed by atoms with Gasteiger partial charge in [0.05, 0.1) is 0 Å². The Morgan fingerprint density at radius 1 is 1.29 bits per heavy atom. The van der Waals surface area contributed by atoms with Crippen molar-refractivity contribution in [3.8, 4) is 0 Å². The molecule has 0 heterocycles. The maximum Gasteiger partial charge on any atom is 0.223 e. The lowest BCUT2D eigenvalue weighted by atomic mass is 10.0. The predicted molar refractivity (Wildman–Crippen MR) is 57.3 cm³/mol. The number of amides is 1. The van der Waals surface area contributed by atoms with Gasteiger partial charge in [0.25, 0.3) is 0 Å². The van der Waals surface area contributed by atoms with Gasteiger partial charge in [-0.1, -0.05) is 12.8 Å². The van der Waals surface area contributed by atoms with Crippen LogP contribution in [0.5, 0.6) is 0 Å². The molecule has 2 atom stereocenters. The molecule has 2 unspecified atom stereocenters. The Kier molecular flexibility index (Phi) is 3.32. The first-order valence-electron chi connectivity index (χ1n) is 5.68. The first-order chi connectivity index (χ1) is 6.84. The van der Waals surface area contributed by atoms with Crippen molar-refractivity contribution in [3.05, 3.63) is 0 Å². The molecule has 0 radical (unpaired) electrons. The maximum absolute atomic E-state index is 11.7. The highest BCUT2D eigenvalue weighted by atomic mass is 35.5. The maximum atomic E-state index is 11.7. The average molecular weight is 216 g/mol. The molecule has 2 nitrogen and oxygen atoms in total. The first kappa shape index (κ1) is 10.3. The number of alkyl halides is 1. The fourth-order valence-corrected chi connectivity index (χ4v) is 2.91. The standard InChI is InChI=1S/C11H18ClNO/c12-6-3-7-13-11(14)10-8-4-1-2-5-9(8)10/h8-10H,1-7H2,(H,13,14). The summed E-state index contributed by atoms with van der Waals surface area (Å²) in [6, 6.07) is 0. The fraction of sp³-hybridized carbons (Fsp3) is 0.909. The molecule has 1 N–H and O–H groups in total. The molecule has 0 saturated heterocycles. The van der Waals surface area contributed by atoms with E-state index in [-0.39, 0.29) is 5.91 Å². The van der Waals surface area contributed by atoms with Crippen molar-refractivity contribution in [1.82, 2.24) is 5.32 Å². The Bertz CT molecular complexity index is 207. The fourth-order valence-electron chi connectivity index (χ4n) is 2.78. The second kappa shape index (κ2) is 4.52. The second-order valence-corrected chi connectivity index (χ2v) is 4.85. The highest BCUT2D eigenvalue weighted by Crippen LogP contribution is 2.55. The molecule has 1 amide bonds. The molecule has 2 aliphatic carbocycles. The first-order valence-corrected chi connectivity index (χ1v) is 6.21. The van der Waals surface area contributed by atoms with Gasteiger partial charge in [0.1, 0.15) is 0 Å². The predicted octanol–water partition coefficient (Wildman–Crippen LogP) is 2.17. The third-order valence-electron chi connectivity index (χ3n) is 3.57. The van der Waals surface area contributed by atoms with Gasteiger partial charge in [-0.3, -0.25) is 4.79 Å². The summed E-state index contributed by atoms with van der Waals surface area (Å²) in [6.45, 7) is 0.748. The van der Waals surface area contributed by atoms with E-state index >= 15 is 0 Å². The number of rotatable bonds is 4. The minimum Gasteiger partial charge on any atom is -0.356 e. The van der Waals surface area contributed by atoms with Crippen molar-refractivity contribution in [1.29, 1.82) is 0 Å². The Morgan fingerprint density at radius 3 is 2.50 bits per heavy atom. The summed E-state index contributed by atoms with van der Waals surface area (Å²) in [6.07, 6.45) is 6.09. The number of nitrogens with one attached hydrogen (secondary N) is 1. The van der Waals surface area contributed by atoms with Crippen LogP contribution in [-0.2, 0) is 4.79 Å². The number of hydrogen-bond donors (Lipinski definition) is 1. The molecule has 2 aliphatic rings. The molecule has 0 aromatic rings. The van der Waals surface area contributed by atoms with Crippen molar-refractivity contribution >= 4 is 17.5 Å². The van der Waals surface area contributed by atoms with Gasteiger partial charge in [0.2, 0.25) is 5.91 Å². The summed E-state index contributed by atoms with van der Waals surface area (Å²) < 4.78 is 0. The van der Waals surface area contributed by atoms with Gasteiger partial charge in [0.15, 0.2) is 0 Å². The largest absolute Gasteiger partial charge is 0.356 e. The second-order valence-electron chi connectivity index (χ2n) is 4.47. The van der Waals surface area contributed by atoms with Crippen LogP contribution in [0, 0.1) is 17.8 Å². The van der Waals surface area contributed by atoms with Gasteiger partial charge >= 0.3 is 0 Å². The number of hydrogen-bond acceptors (Lipinski definition) is 1. The van der Waals surface area contributed by atoms with Crippen LogP contribution in [0.4, 0.5) is 0 Å². The SMILES string of the molecule is O=C(NCCCCl)C1C2CCCCC21. The van der Waals surface area contributed by atoms with Crippen LogP contribution in [0.15, 0.2) is 0 Å². The molecule has 0 aliphatic heterocycles. The van der Waals surface area contributed by atoms with Gasteiger partial charge in [-0.2, -0.15) is 0 Å². The molecule has 0 aromatic carbocycles. The van der Waals surface area contributed by atoms with Gasteiger partial charge in [0, 0.05) is 18.3 Å². The normalized spacial score (nSPS) is 34.8. The lowest BCUT2D eigenvalue weighted by Gasteiger charge is -2.04. The molecular formula is C11H18ClNO. The van der Waals surface area contributed by atoms with E-state index in [0.717, 1.165) is 24.8 Å². The van der Waals surface area contributed by atoms with Gasteiger partial charge in [-0.05, 0) is 31.1 Å². The topological polar surface area (TPSA) is 29.1 Å². The van der Waals surface area contributed by atoms with Crippen LogP contribution in [0.3, 0.4) is 0 Å². The van der Waals surface area contributed by atoms with E-state index in [9.17, 15) is 4.79 Å². The lowest BCUT2D eigenvalue weighted by Crippen LogP contribution is -2.27. The summed E-state index contributed by atoms with van der Waals surface area (Å²) in [5.74, 6) is 2.72. The zero-order chi connectivity index (χ0) is 9.97. The Balaban J connectivity index is 1.71. The minimum atomic E-state index is 0.284. The van der Waals surface area contributed by atoms with E-state index in [2.05, 4.69) is 5.32 Å². The van der Waals surface area contributed by atoms with Crippen LogP contribution in [-0.4, -0.2) is 18.3 Å². The van der Waals surface area contributed by atoms with E-state index in [4.69, 9.17) is 11.6 Å². The van der Waals surface area contributed by atoms with Crippen molar-refractivity contribution in [2.24, 2.45) is 17.8 Å². The average Bonchev–Trinajstić information content (AvgIpc) is 2.92. The van der Waals surface area contributed by atoms with Gasteiger partial charge in [-0.15, -0.1) is 11.6 Å². The zero-order valence-electron chi connectivity index (χ0n) is 8.47. The van der Waals surface area contributed by atoms with Crippen LogP contribution < -0.4 is 5.32 Å². The molecule has 2 rings (SSSR count). The van der Waals surface area contributed by atoms with Crippen molar-refractivity contribution in [2.45, 2.75) is 32.1 Å². The molecule has 14 heavy (non-hydrogen) atoms. The summed E-state index contributed by atoms with van der Waals surface area (Å²) in [7, 11) is 0. The van der Waals surface area contributed by atoms with E-state index < -0.39 is 0 Å². The molecule has 80 valence electrons. The summed E-state index contributed by atoms with van der Waals surface area (Å²) in [5, 5.41) is 2.98. The van der Waals surface area contributed by atoms with Crippen molar-refractivity contribution in [2.75, 3.05) is 12.4 Å². The minimum absolute atomic E-state index is 0.284. The molecule has 0 bridgehead atoms. The van der Waals surface area contributed by atoms with E-state index in [1.165, 1.54) is 25.7 Å². The lowest BCUT2D eigenvalue weighted by molar-refractivity contribution is -0.122.